The number of nitrogens with zero attached hydrogens (tertiary/aromatic N) is 2. The summed E-state index contributed by atoms with van der Waals surface area (Å²) in [6.45, 7) is 2.69. The molecule has 1 N–H and O–H groups in total. The van der Waals surface area contributed by atoms with E-state index in [2.05, 4.69) is 22.5 Å². The number of carbonyl (C=O) groups is 1. The normalized spacial score (nSPS) is 15.1. The van der Waals surface area contributed by atoms with Crippen molar-refractivity contribution in [2.45, 2.75) is 38.3 Å². The summed E-state index contributed by atoms with van der Waals surface area (Å²) in [7, 11) is 0. The van der Waals surface area contributed by atoms with Crippen molar-refractivity contribution < 1.29 is 9.21 Å². The van der Waals surface area contributed by atoms with Gasteiger partial charge >= 0.3 is 0 Å². The maximum Gasteiger partial charge on any atom is 0.255 e. The molecule has 1 aliphatic carbocycles. The fraction of sp³-hybridized carbons (Fsp3) is 0.300. The van der Waals surface area contributed by atoms with Gasteiger partial charge in [-0.1, -0.05) is 30.3 Å². The van der Waals surface area contributed by atoms with Crippen molar-refractivity contribution in [3.8, 4) is 0 Å². The first kappa shape index (κ1) is 15.7. The summed E-state index contributed by atoms with van der Waals surface area (Å²) in [5, 5.41) is 7.45. The molecule has 0 spiro atoms. The molecule has 128 valence electrons. The van der Waals surface area contributed by atoms with E-state index in [0.717, 1.165) is 30.7 Å². The second kappa shape index (κ2) is 6.59. The zero-order chi connectivity index (χ0) is 17.2. The molecule has 5 nitrogen and oxygen atoms in total. The van der Waals surface area contributed by atoms with Gasteiger partial charge < -0.3 is 9.73 Å². The second-order valence-electron chi connectivity index (χ2n) is 6.62. The minimum atomic E-state index is -0.112. The monoisotopic (exact) mass is 335 g/mol. The number of furan rings is 1. The van der Waals surface area contributed by atoms with Gasteiger partial charge in [-0.3, -0.25) is 9.48 Å². The number of hydrogen-bond donors (Lipinski definition) is 1. The van der Waals surface area contributed by atoms with Crippen LogP contribution in [0.5, 0.6) is 0 Å². The molecule has 1 atom stereocenters. The van der Waals surface area contributed by atoms with E-state index in [-0.39, 0.29) is 11.9 Å². The van der Waals surface area contributed by atoms with Crippen molar-refractivity contribution in [3.05, 3.63) is 77.5 Å². The highest BCUT2D eigenvalue weighted by Gasteiger charge is 2.31. The molecule has 1 amide bonds. The largest absolute Gasteiger partial charge is 0.468 e. The van der Waals surface area contributed by atoms with Crippen LogP contribution < -0.4 is 5.32 Å². The van der Waals surface area contributed by atoms with Crippen molar-refractivity contribution >= 4 is 5.91 Å². The predicted molar refractivity (Wildman–Crippen MR) is 94.3 cm³/mol. The standard InChI is InChI=1S/C20H21N3O2/c1-14(22-20(24)18-9-10-25-19(18)16-7-8-16)17-11-21-23(13-17)12-15-5-3-2-4-6-15/h2-6,9-11,13-14,16H,7-8,12H2,1H3,(H,22,24)/t14-/m0/s1. The van der Waals surface area contributed by atoms with E-state index < -0.39 is 0 Å². The average molecular weight is 335 g/mol. The number of hydrogen-bond acceptors (Lipinski definition) is 3. The van der Waals surface area contributed by atoms with Crippen LogP contribution in [-0.4, -0.2) is 15.7 Å². The molecule has 2 heterocycles. The summed E-state index contributed by atoms with van der Waals surface area (Å²) >= 11 is 0. The lowest BCUT2D eigenvalue weighted by molar-refractivity contribution is 0.0938. The van der Waals surface area contributed by atoms with Gasteiger partial charge in [-0.15, -0.1) is 0 Å². The molecule has 1 aromatic carbocycles. The molecule has 25 heavy (non-hydrogen) atoms. The van der Waals surface area contributed by atoms with Crippen LogP contribution in [0.3, 0.4) is 0 Å². The average Bonchev–Trinajstić information content (AvgIpc) is 3.16. The summed E-state index contributed by atoms with van der Waals surface area (Å²) in [5.41, 5.74) is 2.84. The topological polar surface area (TPSA) is 60.1 Å². The van der Waals surface area contributed by atoms with Crippen LogP contribution in [0.25, 0.3) is 0 Å². The Bertz CT molecular complexity index is 862. The molecule has 2 aromatic heterocycles. The van der Waals surface area contributed by atoms with Crippen LogP contribution in [0, 0.1) is 0 Å². The SMILES string of the molecule is C[C@H](NC(=O)c1ccoc1C1CC1)c1cnn(Cc2ccccc2)c1. The Morgan fingerprint density at radius 1 is 1.32 bits per heavy atom. The first-order valence-corrected chi connectivity index (χ1v) is 8.65. The van der Waals surface area contributed by atoms with E-state index in [1.54, 1.807) is 12.3 Å². The van der Waals surface area contributed by atoms with Crippen molar-refractivity contribution in [3.63, 3.8) is 0 Å². The Morgan fingerprint density at radius 3 is 2.88 bits per heavy atom. The third-order valence-corrected chi connectivity index (χ3v) is 4.58. The molecule has 5 heteroatoms. The van der Waals surface area contributed by atoms with Crippen LogP contribution in [0.4, 0.5) is 0 Å². The zero-order valence-electron chi connectivity index (χ0n) is 14.2. The number of nitrogens with one attached hydrogen (secondary N) is 1. The van der Waals surface area contributed by atoms with Gasteiger partial charge in [0.15, 0.2) is 0 Å². The molecule has 1 aliphatic rings. The summed E-state index contributed by atoms with van der Waals surface area (Å²) in [5.74, 6) is 1.16. The smallest absolute Gasteiger partial charge is 0.255 e. The maximum atomic E-state index is 12.5. The van der Waals surface area contributed by atoms with Gasteiger partial charge in [-0.05, 0) is 31.4 Å². The molecular weight excluding hydrogens is 314 g/mol. The van der Waals surface area contributed by atoms with Crippen LogP contribution in [0.2, 0.25) is 0 Å². The number of benzene rings is 1. The van der Waals surface area contributed by atoms with Crippen molar-refractivity contribution in [1.82, 2.24) is 15.1 Å². The Labute approximate surface area is 146 Å². The molecule has 1 saturated carbocycles. The quantitative estimate of drug-likeness (QED) is 0.743. The van der Waals surface area contributed by atoms with Crippen LogP contribution in [0.15, 0.2) is 59.5 Å². The van der Waals surface area contributed by atoms with E-state index in [0.29, 0.717) is 11.5 Å². The minimum Gasteiger partial charge on any atom is -0.468 e. The van der Waals surface area contributed by atoms with E-state index in [4.69, 9.17) is 4.42 Å². The third-order valence-electron chi connectivity index (χ3n) is 4.58. The molecule has 3 aromatic rings. The molecule has 1 fully saturated rings. The van der Waals surface area contributed by atoms with E-state index in [9.17, 15) is 4.79 Å². The predicted octanol–water partition coefficient (Wildman–Crippen LogP) is 3.89. The first-order chi connectivity index (χ1) is 12.2. The molecule has 0 bridgehead atoms. The number of amides is 1. The van der Waals surface area contributed by atoms with Gasteiger partial charge in [-0.2, -0.15) is 5.10 Å². The summed E-state index contributed by atoms with van der Waals surface area (Å²) in [6.07, 6.45) is 7.61. The third kappa shape index (κ3) is 3.50. The Hall–Kier alpha value is -2.82. The van der Waals surface area contributed by atoms with Crippen LogP contribution in [0.1, 0.15) is 59.0 Å². The summed E-state index contributed by atoms with van der Waals surface area (Å²) < 4.78 is 7.38. The number of aromatic nitrogens is 2. The molecular formula is C20H21N3O2. The lowest BCUT2D eigenvalue weighted by atomic mass is 10.1. The molecule has 0 unspecified atom stereocenters. The highest BCUT2D eigenvalue weighted by Crippen LogP contribution is 2.42. The van der Waals surface area contributed by atoms with Crippen molar-refractivity contribution in [2.24, 2.45) is 0 Å². The van der Waals surface area contributed by atoms with Gasteiger partial charge in [0.25, 0.3) is 5.91 Å². The van der Waals surface area contributed by atoms with E-state index in [1.165, 1.54) is 5.56 Å². The molecule has 0 aliphatic heterocycles. The lowest BCUT2D eigenvalue weighted by Crippen LogP contribution is -2.26. The van der Waals surface area contributed by atoms with Gasteiger partial charge in [0.1, 0.15) is 5.76 Å². The van der Waals surface area contributed by atoms with Crippen LogP contribution in [-0.2, 0) is 6.54 Å². The summed E-state index contributed by atoms with van der Waals surface area (Å²) in [6, 6.07) is 11.8. The Kier molecular flexibility index (Phi) is 4.14. The first-order valence-electron chi connectivity index (χ1n) is 8.65. The van der Waals surface area contributed by atoms with E-state index >= 15 is 0 Å². The maximum absolute atomic E-state index is 12.5. The van der Waals surface area contributed by atoms with Gasteiger partial charge in [0, 0.05) is 17.7 Å². The fourth-order valence-corrected chi connectivity index (χ4v) is 2.99. The lowest BCUT2D eigenvalue weighted by Gasteiger charge is -2.12. The van der Waals surface area contributed by atoms with Gasteiger partial charge in [0.2, 0.25) is 0 Å². The second-order valence-corrected chi connectivity index (χ2v) is 6.62. The number of rotatable bonds is 6. The van der Waals surface area contributed by atoms with E-state index in [1.807, 2.05) is 42.2 Å². The molecule has 0 radical (unpaired) electrons. The highest BCUT2D eigenvalue weighted by atomic mass is 16.3. The van der Waals surface area contributed by atoms with Gasteiger partial charge in [0.05, 0.1) is 30.6 Å². The Morgan fingerprint density at radius 2 is 2.12 bits per heavy atom. The highest BCUT2D eigenvalue weighted by molar-refractivity contribution is 5.95. The van der Waals surface area contributed by atoms with Gasteiger partial charge in [-0.25, -0.2) is 0 Å². The van der Waals surface area contributed by atoms with Crippen molar-refractivity contribution in [1.29, 1.82) is 0 Å². The molecule has 0 saturated heterocycles. The van der Waals surface area contributed by atoms with Crippen LogP contribution >= 0.6 is 0 Å². The Balaban J connectivity index is 1.42. The fourth-order valence-electron chi connectivity index (χ4n) is 2.99. The van der Waals surface area contributed by atoms with Crippen molar-refractivity contribution in [2.75, 3.05) is 0 Å². The molecule has 4 rings (SSSR count). The zero-order valence-corrected chi connectivity index (χ0v) is 14.2. The number of carbonyl (C=O) groups excluding carboxylic acids is 1. The summed E-state index contributed by atoms with van der Waals surface area (Å²) in [4.78, 5) is 12.5. The minimum absolute atomic E-state index is 0.0843.